The molecule has 0 atom stereocenters. The number of carbonyl (C=O) groups is 1. The third kappa shape index (κ3) is 3.97. The Balaban J connectivity index is 1.82. The lowest BCUT2D eigenvalue weighted by Crippen LogP contribution is -2.32. The van der Waals surface area contributed by atoms with Gasteiger partial charge in [0.2, 0.25) is 5.91 Å². The Labute approximate surface area is 147 Å². The number of hydrogen-bond donors (Lipinski definition) is 1. The van der Waals surface area contributed by atoms with Gasteiger partial charge in [0.1, 0.15) is 0 Å². The molecule has 0 aliphatic heterocycles. The van der Waals surface area contributed by atoms with Crippen LogP contribution in [0.15, 0.2) is 59.4 Å². The fourth-order valence-corrected chi connectivity index (χ4v) is 3.01. The molecule has 0 saturated heterocycles. The Bertz CT molecular complexity index is 945. The summed E-state index contributed by atoms with van der Waals surface area (Å²) in [6, 6.07) is 17.9. The molecular formula is C21H22N2O2. The van der Waals surface area contributed by atoms with Crippen LogP contribution in [-0.4, -0.2) is 22.3 Å². The van der Waals surface area contributed by atoms with Crippen molar-refractivity contribution in [1.82, 2.24) is 9.88 Å². The Kier molecular flexibility index (Phi) is 4.98. The van der Waals surface area contributed by atoms with Crippen molar-refractivity contribution >= 4 is 16.8 Å². The first kappa shape index (κ1) is 17.0. The molecule has 1 amide bonds. The molecule has 1 N–H and O–H groups in total. The first-order valence-corrected chi connectivity index (χ1v) is 8.45. The number of fused-ring (bicyclic) bond motifs is 1. The van der Waals surface area contributed by atoms with Crippen LogP contribution in [0.2, 0.25) is 0 Å². The minimum Gasteiger partial charge on any atom is -0.338 e. The van der Waals surface area contributed by atoms with E-state index in [1.54, 1.807) is 11.8 Å². The van der Waals surface area contributed by atoms with Crippen molar-refractivity contribution in [2.45, 2.75) is 26.8 Å². The van der Waals surface area contributed by atoms with Crippen molar-refractivity contribution in [2.75, 3.05) is 6.54 Å². The van der Waals surface area contributed by atoms with E-state index in [1.807, 2.05) is 61.5 Å². The SMILES string of the molecule is CC(=O)N(CCc1ccccc1)Cc1cc2cccc(C)c2[nH]c1=O. The minimum absolute atomic E-state index is 0.0281. The number of nitrogens with zero attached hydrogens (tertiary/aromatic N) is 1. The number of hydrogen-bond acceptors (Lipinski definition) is 2. The van der Waals surface area contributed by atoms with E-state index in [-0.39, 0.29) is 11.5 Å². The van der Waals surface area contributed by atoms with Crippen molar-refractivity contribution in [3.05, 3.63) is 81.6 Å². The highest BCUT2D eigenvalue weighted by atomic mass is 16.2. The van der Waals surface area contributed by atoms with E-state index >= 15 is 0 Å². The number of rotatable bonds is 5. The van der Waals surface area contributed by atoms with Gasteiger partial charge in [0, 0.05) is 19.0 Å². The normalized spacial score (nSPS) is 10.8. The fraction of sp³-hybridized carbons (Fsp3) is 0.238. The highest BCUT2D eigenvalue weighted by Crippen LogP contribution is 2.16. The van der Waals surface area contributed by atoms with Crippen LogP contribution in [0, 0.1) is 6.92 Å². The molecule has 25 heavy (non-hydrogen) atoms. The summed E-state index contributed by atoms with van der Waals surface area (Å²) >= 11 is 0. The summed E-state index contributed by atoms with van der Waals surface area (Å²) in [5, 5.41) is 0.987. The van der Waals surface area contributed by atoms with E-state index in [1.165, 1.54) is 5.56 Å². The summed E-state index contributed by atoms with van der Waals surface area (Å²) in [5.74, 6) is -0.0281. The summed E-state index contributed by atoms with van der Waals surface area (Å²) in [6.45, 7) is 4.43. The number of aryl methyl sites for hydroxylation is 1. The third-order valence-electron chi connectivity index (χ3n) is 4.48. The molecule has 2 aromatic carbocycles. The molecule has 1 aromatic heterocycles. The molecule has 0 unspecified atom stereocenters. The third-order valence-corrected chi connectivity index (χ3v) is 4.48. The molecule has 0 bridgehead atoms. The van der Waals surface area contributed by atoms with Crippen LogP contribution in [0.3, 0.4) is 0 Å². The van der Waals surface area contributed by atoms with Crippen LogP contribution in [0.5, 0.6) is 0 Å². The monoisotopic (exact) mass is 334 g/mol. The molecule has 0 aliphatic carbocycles. The highest BCUT2D eigenvalue weighted by Gasteiger charge is 2.13. The van der Waals surface area contributed by atoms with Gasteiger partial charge in [-0.15, -0.1) is 0 Å². The maximum atomic E-state index is 12.4. The van der Waals surface area contributed by atoms with Gasteiger partial charge >= 0.3 is 0 Å². The number of carbonyl (C=O) groups excluding carboxylic acids is 1. The number of amides is 1. The zero-order chi connectivity index (χ0) is 17.8. The van der Waals surface area contributed by atoms with Gasteiger partial charge in [0.15, 0.2) is 0 Å². The molecule has 128 valence electrons. The Morgan fingerprint density at radius 3 is 2.56 bits per heavy atom. The summed E-state index contributed by atoms with van der Waals surface area (Å²) < 4.78 is 0. The van der Waals surface area contributed by atoms with Gasteiger partial charge < -0.3 is 9.88 Å². The van der Waals surface area contributed by atoms with E-state index in [4.69, 9.17) is 0 Å². The number of nitrogens with one attached hydrogen (secondary N) is 1. The van der Waals surface area contributed by atoms with Crippen LogP contribution in [0.1, 0.15) is 23.6 Å². The lowest BCUT2D eigenvalue weighted by atomic mass is 10.1. The number of pyridine rings is 1. The number of para-hydroxylation sites is 1. The average molecular weight is 334 g/mol. The molecule has 4 nitrogen and oxygen atoms in total. The molecule has 3 rings (SSSR count). The van der Waals surface area contributed by atoms with E-state index in [0.29, 0.717) is 18.7 Å². The molecule has 0 radical (unpaired) electrons. The van der Waals surface area contributed by atoms with E-state index in [2.05, 4.69) is 4.98 Å². The highest BCUT2D eigenvalue weighted by molar-refractivity contribution is 5.82. The molecule has 0 fully saturated rings. The predicted octanol–water partition coefficient (Wildman–Crippen LogP) is 3.43. The molecule has 1 heterocycles. The summed E-state index contributed by atoms with van der Waals surface area (Å²) in [4.78, 5) is 29.1. The Hall–Kier alpha value is -2.88. The van der Waals surface area contributed by atoms with Gasteiger partial charge in [-0.25, -0.2) is 0 Å². The number of H-pyrrole nitrogens is 1. The van der Waals surface area contributed by atoms with Crippen molar-refractivity contribution in [3.8, 4) is 0 Å². The first-order valence-electron chi connectivity index (χ1n) is 8.45. The van der Waals surface area contributed by atoms with Crippen LogP contribution in [-0.2, 0) is 17.8 Å². The molecule has 4 heteroatoms. The van der Waals surface area contributed by atoms with Crippen LogP contribution in [0.4, 0.5) is 0 Å². The minimum atomic E-state index is -0.132. The first-order chi connectivity index (χ1) is 12.0. The van der Waals surface area contributed by atoms with Gasteiger partial charge in [-0.3, -0.25) is 9.59 Å². The number of aromatic nitrogens is 1. The zero-order valence-corrected chi connectivity index (χ0v) is 14.6. The summed E-state index contributed by atoms with van der Waals surface area (Å²) in [6.07, 6.45) is 0.769. The number of benzene rings is 2. The standard InChI is InChI=1S/C21H22N2O2/c1-15-7-6-10-18-13-19(21(25)22-20(15)18)14-23(16(2)24)12-11-17-8-4-3-5-9-17/h3-10,13H,11-12,14H2,1-2H3,(H,22,25). The molecule has 0 saturated carbocycles. The quantitative estimate of drug-likeness (QED) is 0.777. The van der Waals surface area contributed by atoms with E-state index in [0.717, 1.165) is 22.9 Å². The van der Waals surface area contributed by atoms with E-state index in [9.17, 15) is 9.59 Å². The maximum absolute atomic E-state index is 12.4. The zero-order valence-electron chi connectivity index (χ0n) is 14.6. The van der Waals surface area contributed by atoms with Crippen LogP contribution < -0.4 is 5.56 Å². The molecule has 0 spiro atoms. The summed E-state index contributed by atoms with van der Waals surface area (Å²) in [7, 11) is 0. The van der Waals surface area contributed by atoms with Gasteiger partial charge in [-0.05, 0) is 35.9 Å². The second kappa shape index (κ2) is 7.34. The van der Waals surface area contributed by atoms with Gasteiger partial charge in [-0.2, -0.15) is 0 Å². The summed E-state index contributed by atoms with van der Waals surface area (Å²) in [5.41, 5.74) is 3.55. The van der Waals surface area contributed by atoms with Crippen LogP contribution in [0.25, 0.3) is 10.9 Å². The van der Waals surface area contributed by atoms with Crippen molar-refractivity contribution in [1.29, 1.82) is 0 Å². The van der Waals surface area contributed by atoms with Crippen molar-refractivity contribution in [2.24, 2.45) is 0 Å². The fourth-order valence-electron chi connectivity index (χ4n) is 3.01. The second-order valence-corrected chi connectivity index (χ2v) is 6.34. The van der Waals surface area contributed by atoms with Crippen molar-refractivity contribution in [3.63, 3.8) is 0 Å². The molecule has 0 aliphatic rings. The topological polar surface area (TPSA) is 53.2 Å². The van der Waals surface area contributed by atoms with Crippen molar-refractivity contribution < 1.29 is 4.79 Å². The van der Waals surface area contributed by atoms with Gasteiger partial charge in [0.25, 0.3) is 5.56 Å². The Morgan fingerprint density at radius 2 is 1.84 bits per heavy atom. The lowest BCUT2D eigenvalue weighted by Gasteiger charge is -2.21. The smallest absolute Gasteiger partial charge is 0.253 e. The van der Waals surface area contributed by atoms with E-state index < -0.39 is 0 Å². The second-order valence-electron chi connectivity index (χ2n) is 6.34. The van der Waals surface area contributed by atoms with Gasteiger partial charge in [0.05, 0.1) is 12.1 Å². The predicted molar refractivity (Wildman–Crippen MR) is 101 cm³/mol. The average Bonchev–Trinajstić information content (AvgIpc) is 2.60. The molecule has 3 aromatic rings. The van der Waals surface area contributed by atoms with Crippen LogP contribution >= 0.6 is 0 Å². The van der Waals surface area contributed by atoms with Gasteiger partial charge in [-0.1, -0.05) is 48.5 Å². The number of aromatic amines is 1. The maximum Gasteiger partial charge on any atom is 0.253 e. The molecular weight excluding hydrogens is 312 g/mol. The Morgan fingerprint density at radius 1 is 1.08 bits per heavy atom. The lowest BCUT2D eigenvalue weighted by molar-refractivity contribution is -0.129. The largest absolute Gasteiger partial charge is 0.338 e.